The molecule has 0 aliphatic heterocycles. The maximum Gasteiger partial charge on any atom is 0.0619 e. The van der Waals surface area contributed by atoms with Crippen LogP contribution in [0.3, 0.4) is 0 Å². The Bertz CT molecular complexity index is 2390. The largest absolute Gasteiger partial charge is 0.309 e. The zero-order valence-corrected chi connectivity index (χ0v) is 24.4. The van der Waals surface area contributed by atoms with E-state index in [1.165, 1.54) is 93.2 Å². The lowest BCUT2D eigenvalue weighted by Crippen LogP contribution is -2.23. The average molecular weight is 538 g/mol. The standard InChI is InChI=1S/C41H31N/c1-24-19-22-34(25(2)23-24)42(27-12-6-5-7-13-27)40-30-16-9-15-29-28-14-8-11-26-20-21-33-38(35(26)28)39(36(29)30)37-31(40)17-10-18-32(37)41(33,3)4/h5-23H,1-4H3. The number of para-hydroxylation sites is 1. The molecular formula is C41H31N. The normalized spacial score (nSPS) is 13.9. The summed E-state index contributed by atoms with van der Waals surface area (Å²) >= 11 is 0. The van der Waals surface area contributed by atoms with Gasteiger partial charge in [0.1, 0.15) is 0 Å². The number of benzene rings is 8. The van der Waals surface area contributed by atoms with Gasteiger partial charge in [-0.25, -0.2) is 0 Å². The molecule has 200 valence electrons. The summed E-state index contributed by atoms with van der Waals surface area (Å²) in [4.78, 5) is 2.51. The highest BCUT2D eigenvalue weighted by Gasteiger charge is 2.35. The number of hydrogen-bond acceptors (Lipinski definition) is 1. The van der Waals surface area contributed by atoms with Crippen LogP contribution in [0.1, 0.15) is 36.1 Å². The van der Waals surface area contributed by atoms with Crippen LogP contribution in [0.25, 0.3) is 53.9 Å². The molecule has 0 N–H and O–H groups in total. The number of rotatable bonds is 3. The molecule has 0 spiro atoms. The van der Waals surface area contributed by atoms with Crippen molar-refractivity contribution in [2.24, 2.45) is 0 Å². The van der Waals surface area contributed by atoms with E-state index in [0.29, 0.717) is 0 Å². The lowest BCUT2D eigenvalue weighted by atomic mass is 9.68. The Balaban J connectivity index is 1.60. The van der Waals surface area contributed by atoms with E-state index in [1.54, 1.807) is 0 Å². The molecule has 0 unspecified atom stereocenters. The second-order valence-electron chi connectivity index (χ2n) is 12.7. The van der Waals surface area contributed by atoms with E-state index in [2.05, 4.69) is 148 Å². The van der Waals surface area contributed by atoms with Crippen LogP contribution >= 0.6 is 0 Å². The first kappa shape index (κ1) is 23.8. The van der Waals surface area contributed by atoms with Crippen LogP contribution in [0, 0.1) is 13.8 Å². The molecule has 0 saturated heterocycles. The van der Waals surface area contributed by atoms with E-state index in [0.717, 1.165) is 0 Å². The van der Waals surface area contributed by atoms with Gasteiger partial charge in [-0.3, -0.25) is 0 Å². The zero-order valence-electron chi connectivity index (χ0n) is 24.4. The van der Waals surface area contributed by atoms with Gasteiger partial charge in [0.15, 0.2) is 0 Å². The fourth-order valence-electron chi connectivity index (χ4n) is 8.10. The van der Waals surface area contributed by atoms with Crippen molar-refractivity contribution in [3.05, 3.63) is 138 Å². The first-order valence-corrected chi connectivity index (χ1v) is 15.0. The minimum atomic E-state index is -0.127. The molecular weight excluding hydrogens is 506 g/mol. The van der Waals surface area contributed by atoms with Crippen LogP contribution in [0.5, 0.6) is 0 Å². The molecule has 1 aliphatic carbocycles. The van der Waals surface area contributed by atoms with E-state index in [9.17, 15) is 0 Å². The van der Waals surface area contributed by atoms with E-state index in [-0.39, 0.29) is 5.41 Å². The van der Waals surface area contributed by atoms with Gasteiger partial charge in [-0.15, -0.1) is 0 Å². The van der Waals surface area contributed by atoms with Crippen LogP contribution in [-0.4, -0.2) is 0 Å². The predicted octanol–water partition coefficient (Wildman–Crippen LogP) is 11.6. The number of hydrogen-bond donors (Lipinski definition) is 0. The van der Waals surface area contributed by atoms with E-state index in [1.807, 2.05) is 0 Å². The minimum Gasteiger partial charge on any atom is -0.309 e. The third-order valence-corrected chi connectivity index (χ3v) is 9.90. The van der Waals surface area contributed by atoms with Gasteiger partial charge in [-0.1, -0.05) is 116 Å². The summed E-state index contributed by atoms with van der Waals surface area (Å²) in [5, 5.41) is 13.7. The van der Waals surface area contributed by atoms with Gasteiger partial charge in [-0.05, 0) is 86.4 Å². The molecule has 9 rings (SSSR count). The van der Waals surface area contributed by atoms with Crippen molar-refractivity contribution in [3.8, 4) is 0 Å². The molecule has 1 heteroatoms. The van der Waals surface area contributed by atoms with Gasteiger partial charge < -0.3 is 4.90 Å². The average Bonchev–Trinajstić information content (AvgIpc) is 3.00. The van der Waals surface area contributed by atoms with Crippen molar-refractivity contribution in [3.63, 3.8) is 0 Å². The second kappa shape index (κ2) is 8.11. The maximum atomic E-state index is 2.51. The summed E-state index contributed by atoms with van der Waals surface area (Å²) in [5.74, 6) is 0. The van der Waals surface area contributed by atoms with Gasteiger partial charge in [0.2, 0.25) is 0 Å². The minimum absolute atomic E-state index is 0.127. The lowest BCUT2D eigenvalue weighted by molar-refractivity contribution is 0.652. The Morgan fingerprint density at radius 2 is 1.17 bits per heavy atom. The molecule has 42 heavy (non-hydrogen) atoms. The monoisotopic (exact) mass is 537 g/mol. The summed E-state index contributed by atoms with van der Waals surface area (Å²) < 4.78 is 0. The molecule has 8 aromatic rings. The molecule has 8 aromatic carbocycles. The third kappa shape index (κ3) is 2.88. The Labute approximate surface area is 246 Å². The molecule has 0 heterocycles. The molecule has 1 nitrogen and oxygen atoms in total. The zero-order chi connectivity index (χ0) is 28.3. The number of aryl methyl sites for hydroxylation is 2. The number of anilines is 3. The molecule has 1 aliphatic rings. The summed E-state index contributed by atoms with van der Waals surface area (Å²) in [6, 6.07) is 43.3. The summed E-state index contributed by atoms with van der Waals surface area (Å²) in [6.07, 6.45) is 0. The van der Waals surface area contributed by atoms with Gasteiger partial charge in [0.25, 0.3) is 0 Å². The van der Waals surface area contributed by atoms with Crippen LogP contribution in [0.15, 0.2) is 115 Å². The highest BCUT2D eigenvalue weighted by Crippen LogP contribution is 2.57. The molecule has 0 aromatic heterocycles. The molecule has 0 saturated carbocycles. The van der Waals surface area contributed by atoms with E-state index in [4.69, 9.17) is 0 Å². The van der Waals surface area contributed by atoms with Crippen LogP contribution in [0.2, 0.25) is 0 Å². The van der Waals surface area contributed by atoms with Crippen LogP contribution in [-0.2, 0) is 5.41 Å². The Morgan fingerprint density at radius 1 is 0.500 bits per heavy atom. The van der Waals surface area contributed by atoms with Crippen molar-refractivity contribution in [2.75, 3.05) is 4.90 Å². The number of fused-ring (bicyclic) bond motifs is 1. The van der Waals surface area contributed by atoms with Crippen molar-refractivity contribution in [1.29, 1.82) is 0 Å². The molecule has 0 radical (unpaired) electrons. The predicted molar refractivity (Wildman–Crippen MR) is 181 cm³/mol. The quantitative estimate of drug-likeness (QED) is 0.160. The third-order valence-electron chi connectivity index (χ3n) is 9.90. The molecule has 0 amide bonds. The second-order valence-corrected chi connectivity index (χ2v) is 12.7. The van der Waals surface area contributed by atoms with Crippen molar-refractivity contribution in [1.82, 2.24) is 0 Å². The SMILES string of the molecule is Cc1ccc(N(c2ccccc2)c2c3cccc4c3c3c5c(ccc6cccc(c7cccc2c73)c65)C4(C)C)c(C)c1. The van der Waals surface area contributed by atoms with Gasteiger partial charge >= 0.3 is 0 Å². The van der Waals surface area contributed by atoms with Gasteiger partial charge in [-0.2, -0.15) is 0 Å². The smallest absolute Gasteiger partial charge is 0.0619 e. The van der Waals surface area contributed by atoms with Crippen molar-refractivity contribution >= 4 is 70.9 Å². The Kier molecular flexibility index (Phi) is 4.59. The van der Waals surface area contributed by atoms with E-state index >= 15 is 0 Å². The maximum absolute atomic E-state index is 2.51. The first-order chi connectivity index (χ1) is 20.4. The van der Waals surface area contributed by atoms with Crippen molar-refractivity contribution in [2.45, 2.75) is 33.1 Å². The number of nitrogens with zero attached hydrogens (tertiary/aromatic N) is 1. The Hall–Kier alpha value is -4.88. The highest BCUT2D eigenvalue weighted by molar-refractivity contribution is 6.42. The summed E-state index contributed by atoms with van der Waals surface area (Å²) in [5.41, 5.74) is 8.92. The Morgan fingerprint density at radius 3 is 1.95 bits per heavy atom. The molecule has 0 bridgehead atoms. The van der Waals surface area contributed by atoms with Crippen LogP contribution in [0.4, 0.5) is 17.1 Å². The highest BCUT2D eigenvalue weighted by atomic mass is 15.1. The lowest BCUT2D eigenvalue weighted by Gasteiger charge is -2.37. The van der Waals surface area contributed by atoms with E-state index < -0.39 is 0 Å². The van der Waals surface area contributed by atoms with Gasteiger partial charge in [0, 0.05) is 32.9 Å². The first-order valence-electron chi connectivity index (χ1n) is 15.0. The molecule has 0 atom stereocenters. The fourth-order valence-corrected chi connectivity index (χ4v) is 8.10. The van der Waals surface area contributed by atoms with Crippen molar-refractivity contribution < 1.29 is 0 Å². The molecule has 0 fully saturated rings. The topological polar surface area (TPSA) is 3.24 Å². The summed E-state index contributed by atoms with van der Waals surface area (Å²) in [6.45, 7) is 9.24. The fraction of sp³-hybridized carbons (Fsp3) is 0.122. The van der Waals surface area contributed by atoms with Gasteiger partial charge in [0.05, 0.1) is 5.69 Å². The summed E-state index contributed by atoms with van der Waals surface area (Å²) in [7, 11) is 0. The van der Waals surface area contributed by atoms with Crippen LogP contribution < -0.4 is 4.90 Å².